The number of benzene rings is 2. The Morgan fingerprint density at radius 1 is 1.24 bits per heavy atom. The number of methoxy groups -OCH3 is 1. The van der Waals surface area contributed by atoms with Gasteiger partial charge in [0.1, 0.15) is 5.57 Å². The number of anilines is 1. The van der Waals surface area contributed by atoms with Crippen molar-refractivity contribution in [3.63, 3.8) is 0 Å². The number of para-hydroxylation sites is 1. The Morgan fingerprint density at radius 2 is 1.97 bits per heavy atom. The molecule has 0 radical (unpaired) electrons. The van der Waals surface area contributed by atoms with Gasteiger partial charge in [0.2, 0.25) is 0 Å². The molecule has 1 heterocycles. The van der Waals surface area contributed by atoms with Crippen molar-refractivity contribution in [1.29, 1.82) is 0 Å². The normalized spacial score (nSPS) is 15.5. The molecule has 2 aromatic carbocycles. The minimum absolute atomic E-state index is 0.0265. The van der Waals surface area contributed by atoms with Crippen molar-refractivity contribution in [2.45, 2.75) is 13.8 Å². The van der Waals surface area contributed by atoms with Gasteiger partial charge in [-0.3, -0.25) is 19.8 Å². The summed E-state index contributed by atoms with van der Waals surface area (Å²) in [5, 5.41) is 2.65. The topological polar surface area (TPSA) is 67.9 Å². The Bertz CT molecular complexity index is 1040. The van der Waals surface area contributed by atoms with Crippen molar-refractivity contribution in [3.8, 4) is 11.5 Å². The number of thiocarbonyl (C=S) groups is 1. The van der Waals surface area contributed by atoms with Crippen molar-refractivity contribution in [2.24, 2.45) is 0 Å². The maximum absolute atomic E-state index is 13.2. The molecular weight excluding hydrogens is 456 g/mol. The summed E-state index contributed by atoms with van der Waals surface area (Å²) in [6, 6.07) is 10.8. The fourth-order valence-corrected chi connectivity index (χ4v) is 3.89. The molecule has 2 amide bonds. The maximum Gasteiger partial charge on any atom is 0.270 e. The van der Waals surface area contributed by atoms with E-state index in [0.717, 1.165) is 5.56 Å². The molecule has 8 heteroatoms. The Morgan fingerprint density at radius 3 is 2.62 bits per heavy atom. The number of hydrogen-bond donors (Lipinski definition) is 1. The molecule has 2 aromatic rings. The van der Waals surface area contributed by atoms with Crippen LogP contribution in [0.15, 0.2) is 46.4 Å². The zero-order chi connectivity index (χ0) is 21.1. The van der Waals surface area contributed by atoms with Crippen LogP contribution < -0.4 is 19.7 Å². The number of halogens is 1. The van der Waals surface area contributed by atoms with Gasteiger partial charge in [0.15, 0.2) is 16.6 Å². The summed E-state index contributed by atoms with van der Waals surface area (Å²) in [6.07, 6.45) is 1.51. The second kappa shape index (κ2) is 8.75. The number of rotatable bonds is 5. The fraction of sp³-hybridized carbons (Fsp3) is 0.190. The minimum Gasteiger partial charge on any atom is -0.492 e. The zero-order valence-corrected chi connectivity index (χ0v) is 18.5. The summed E-state index contributed by atoms with van der Waals surface area (Å²) in [5.74, 6) is 0.00925. The van der Waals surface area contributed by atoms with Crippen molar-refractivity contribution in [3.05, 3.63) is 57.6 Å². The third-order valence-corrected chi connectivity index (χ3v) is 5.18. The SMILES string of the molecule is CCOc1cc(/C=C2\C(=O)NC(=S)N(c3ccccc3C)C2=O)cc(Br)c1OC. The molecule has 0 aliphatic carbocycles. The third-order valence-electron chi connectivity index (χ3n) is 4.30. The van der Waals surface area contributed by atoms with Gasteiger partial charge in [-0.2, -0.15) is 0 Å². The molecule has 0 aromatic heterocycles. The lowest BCUT2D eigenvalue weighted by Crippen LogP contribution is -2.54. The molecule has 1 aliphatic heterocycles. The molecule has 0 spiro atoms. The van der Waals surface area contributed by atoms with Gasteiger partial charge in [-0.25, -0.2) is 0 Å². The van der Waals surface area contributed by atoms with Crippen LogP contribution in [0.5, 0.6) is 11.5 Å². The van der Waals surface area contributed by atoms with E-state index in [1.54, 1.807) is 25.3 Å². The Kier molecular flexibility index (Phi) is 6.34. The Hall–Kier alpha value is -2.71. The molecule has 0 saturated carbocycles. The van der Waals surface area contributed by atoms with Gasteiger partial charge in [0.25, 0.3) is 11.8 Å². The van der Waals surface area contributed by atoms with Crippen molar-refractivity contribution in [1.82, 2.24) is 5.32 Å². The first-order valence-corrected chi connectivity index (χ1v) is 10.0. The van der Waals surface area contributed by atoms with E-state index in [9.17, 15) is 9.59 Å². The average Bonchev–Trinajstić information content (AvgIpc) is 2.67. The van der Waals surface area contributed by atoms with Crippen molar-refractivity contribution < 1.29 is 19.1 Å². The molecule has 0 bridgehead atoms. The first kappa shape index (κ1) is 21.0. The smallest absolute Gasteiger partial charge is 0.270 e. The maximum atomic E-state index is 13.2. The van der Waals surface area contributed by atoms with Crippen LogP contribution in [0.25, 0.3) is 6.08 Å². The Balaban J connectivity index is 2.06. The molecular formula is C21H19BrN2O4S. The van der Waals surface area contributed by atoms with E-state index in [4.69, 9.17) is 21.7 Å². The quantitative estimate of drug-likeness (QED) is 0.403. The standard InChI is InChI=1S/C21H19BrN2O4S/c1-4-28-17-11-13(10-15(22)18(17)27-3)9-14-19(25)23-21(29)24(20(14)26)16-8-6-5-7-12(16)2/h5-11H,4H2,1-3H3,(H,23,25,29)/b14-9+. The summed E-state index contributed by atoms with van der Waals surface area (Å²) < 4.78 is 11.6. The fourth-order valence-electron chi connectivity index (χ4n) is 2.99. The number of ether oxygens (including phenoxy) is 2. The van der Waals surface area contributed by atoms with Gasteiger partial charge >= 0.3 is 0 Å². The van der Waals surface area contributed by atoms with E-state index in [1.807, 2.05) is 32.0 Å². The molecule has 150 valence electrons. The summed E-state index contributed by atoms with van der Waals surface area (Å²) in [7, 11) is 1.54. The van der Waals surface area contributed by atoms with Gasteiger partial charge in [-0.15, -0.1) is 0 Å². The van der Waals surface area contributed by atoms with Gasteiger partial charge < -0.3 is 9.47 Å². The van der Waals surface area contributed by atoms with E-state index >= 15 is 0 Å². The van der Waals surface area contributed by atoms with E-state index in [2.05, 4.69) is 21.2 Å². The average molecular weight is 475 g/mol. The van der Waals surface area contributed by atoms with Gasteiger partial charge in [-0.05, 0) is 77.4 Å². The number of carbonyl (C=O) groups excluding carboxylic acids is 2. The summed E-state index contributed by atoms with van der Waals surface area (Å²) >= 11 is 8.69. The third kappa shape index (κ3) is 4.18. The highest BCUT2D eigenvalue weighted by Gasteiger charge is 2.35. The number of aryl methyl sites for hydroxylation is 1. The van der Waals surface area contributed by atoms with Gasteiger partial charge in [-0.1, -0.05) is 18.2 Å². The minimum atomic E-state index is -0.547. The van der Waals surface area contributed by atoms with Crippen molar-refractivity contribution in [2.75, 3.05) is 18.6 Å². The van der Waals surface area contributed by atoms with Crippen LogP contribution in [0.3, 0.4) is 0 Å². The number of carbonyl (C=O) groups is 2. The highest BCUT2D eigenvalue weighted by molar-refractivity contribution is 9.10. The summed E-state index contributed by atoms with van der Waals surface area (Å²) in [6.45, 7) is 4.18. The van der Waals surface area contributed by atoms with Crippen LogP contribution in [-0.4, -0.2) is 30.6 Å². The highest BCUT2D eigenvalue weighted by Crippen LogP contribution is 2.37. The van der Waals surface area contributed by atoms with E-state index in [0.29, 0.717) is 33.8 Å². The molecule has 0 atom stereocenters. The first-order valence-electron chi connectivity index (χ1n) is 8.84. The molecule has 1 saturated heterocycles. The van der Waals surface area contributed by atoms with Gasteiger partial charge in [0, 0.05) is 0 Å². The molecule has 1 N–H and O–H groups in total. The van der Waals surface area contributed by atoms with Crippen LogP contribution in [0.4, 0.5) is 5.69 Å². The summed E-state index contributed by atoms with van der Waals surface area (Å²) in [4.78, 5) is 27.0. The van der Waals surface area contributed by atoms with Crippen LogP contribution in [0, 0.1) is 6.92 Å². The largest absolute Gasteiger partial charge is 0.492 e. The van der Waals surface area contributed by atoms with E-state index in [-0.39, 0.29) is 10.7 Å². The molecule has 6 nitrogen and oxygen atoms in total. The lowest BCUT2D eigenvalue weighted by atomic mass is 10.1. The Labute approximate surface area is 182 Å². The van der Waals surface area contributed by atoms with Crippen molar-refractivity contribution >= 4 is 56.8 Å². The van der Waals surface area contributed by atoms with Crippen LogP contribution >= 0.6 is 28.1 Å². The number of amides is 2. The number of nitrogens with zero attached hydrogens (tertiary/aromatic N) is 1. The lowest BCUT2D eigenvalue weighted by Gasteiger charge is -2.30. The zero-order valence-electron chi connectivity index (χ0n) is 16.1. The molecule has 0 unspecified atom stereocenters. The number of nitrogens with one attached hydrogen (secondary N) is 1. The second-order valence-corrected chi connectivity index (χ2v) is 7.45. The molecule has 29 heavy (non-hydrogen) atoms. The van der Waals surface area contributed by atoms with Crippen LogP contribution in [0.1, 0.15) is 18.1 Å². The van der Waals surface area contributed by atoms with Crippen LogP contribution in [-0.2, 0) is 9.59 Å². The van der Waals surface area contributed by atoms with E-state index < -0.39 is 11.8 Å². The monoisotopic (exact) mass is 474 g/mol. The summed E-state index contributed by atoms with van der Waals surface area (Å²) in [5.41, 5.74) is 2.07. The highest BCUT2D eigenvalue weighted by atomic mass is 79.9. The first-order chi connectivity index (χ1) is 13.9. The number of hydrogen-bond acceptors (Lipinski definition) is 5. The predicted octanol–water partition coefficient (Wildman–Crippen LogP) is 4.00. The molecule has 1 fully saturated rings. The molecule has 1 aliphatic rings. The molecule has 3 rings (SSSR count). The lowest BCUT2D eigenvalue weighted by molar-refractivity contribution is -0.122. The van der Waals surface area contributed by atoms with Crippen LogP contribution in [0.2, 0.25) is 0 Å². The predicted molar refractivity (Wildman–Crippen MR) is 119 cm³/mol. The van der Waals surface area contributed by atoms with E-state index in [1.165, 1.54) is 11.0 Å². The van der Waals surface area contributed by atoms with Gasteiger partial charge in [0.05, 0.1) is 23.9 Å². The second-order valence-electron chi connectivity index (χ2n) is 6.21.